The third-order valence-corrected chi connectivity index (χ3v) is 8.35. The maximum atomic E-state index is 14.8. The van der Waals surface area contributed by atoms with Gasteiger partial charge < -0.3 is 20.0 Å². The number of amides is 3. The van der Waals surface area contributed by atoms with Crippen LogP contribution in [0.5, 0.6) is 0 Å². The first-order valence-electron chi connectivity index (χ1n) is 14.6. The van der Waals surface area contributed by atoms with Gasteiger partial charge in [0.2, 0.25) is 5.91 Å². The van der Waals surface area contributed by atoms with Gasteiger partial charge in [0.25, 0.3) is 0 Å². The van der Waals surface area contributed by atoms with Gasteiger partial charge in [0, 0.05) is 50.4 Å². The average molecular weight is 594 g/mol. The number of nitrogens with zero attached hydrogens (tertiary/aromatic N) is 5. The molecule has 0 aliphatic carbocycles. The normalized spacial score (nSPS) is 19.9. The minimum Gasteiger partial charge on any atom is -0.346 e. The van der Waals surface area contributed by atoms with Crippen molar-refractivity contribution in [3.8, 4) is 0 Å². The number of fused-ring (bicyclic) bond motifs is 1. The maximum Gasteiger partial charge on any atom is 0.327 e. The van der Waals surface area contributed by atoms with Crippen molar-refractivity contribution in [3.63, 3.8) is 0 Å². The zero-order valence-electron chi connectivity index (χ0n) is 24.2. The van der Waals surface area contributed by atoms with Crippen molar-refractivity contribution in [2.45, 2.75) is 50.6 Å². The summed E-state index contributed by atoms with van der Waals surface area (Å²) >= 11 is 0. The Bertz CT molecular complexity index is 1560. The quantitative estimate of drug-likeness (QED) is 0.429. The van der Waals surface area contributed by atoms with Crippen LogP contribution in [-0.4, -0.2) is 79.9 Å². The van der Waals surface area contributed by atoms with Gasteiger partial charge in [-0.1, -0.05) is 24.8 Å². The molecule has 2 aliphatic heterocycles. The topological polar surface area (TPSA) is 107 Å². The zero-order chi connectivity index (χ0) is 30.5. The molecule has 12 heteroatoms. The molecule has 3 amide bonds. The number of carbonyl (C=O) groups is 2. The number of pyridine rings is 1. The van der Waals surface area contributed by atoms with Gasteiger partial charge >= 0.3 is 11.7 Å². The minimum atomic E-state index is -0.926. The Morgan fingerprint density at radius 2 is 1.91 bits per heavy atom. The predicted molar refractivity (Wildman–Crippen MR) is 159 cm³/mol. The number of piperidine rings is 1. The Balaban J connectivity index is 1.27. The third-order valence-electron chi connectivity index (χ3n) is 8.35. The van der Waals surface area contributed by atoms with Crippen molar-refractivity contribution in [1.29, 1.82) is 0 Å². The van der Waals surface area contributed by atoms with E-state index in [2.05, 4.69) is 21.9 Å². The summed E-state index contributed by atoms with van der Waals surface area (Å²) in [4.78, 5) is 51.4. The molecule has 0 unspecified atom stereocenters. The van der Waals surface area contributed by atoms with Crippen LogP contribution in [0.3, 0.4) is 0 Å². The minimum absolute atomic E-state index is 0.0309. The summed E-state index contributed by atoms with van der Waals surface area (Å²) in [5.74, 6) is -2.47. The highest BCUT2D eigenvalue weighted by Crippen LogP contribution is 2.30. The number of allylic oxidation sites excluding steroid dienone is 1. The molecule has 0 bridgehead atoms. The molecular formula is C31H37F2N7O3. The van der Waals surface area contributed by atoms with E-state index in [1.807, 2.05) is 13.0 Å². The number of benzene rings is 1. The number of aromatic amines is 1. The lowest BCUT2D eigenvalue weighted by Gasteiger charge is -2.34. The van der Waals surface area contributed by atoms with E-state index < -0.39 is 17.6 Å². The second-order valence-electron chi connectivity index (χ2n) is 11.1. The lowest BCUT2D eigenvalue weighted by molar-refractivity contribution is -0.131. The van der Waals surface area contributed by atoms with E-state index in [4.69, 9.17) is 0 Å². The fraction of sp³-hybridized carbons (Fsp3) is 0.419. The van der Waals surface area contributed by atoms with Crippen LogP contribution in [0.4, 0.5) is 13.6 Å². The Morgan fingerprint density at radius 3 is 2.65 bits per heavy atom. The number of carbonyl (C=O) groups excluding carboxylic acids is 2. The van der Waals surface area contributed by atoms with Gasteiger partial charge in [-0.05, 0) is 68.8 Å². The second-order valence-corrected chi connectivity index (χ2v) is 11.1. The van der Waals surface area contributed by atoms with Crippen LogP contribution in [0.1, 0.15) is 50.1 Å². The molecule has 0 radical (unpaired) electrons. The number of nitrogens with one attached hydrogen (secondary N) is 2. The number of halogens is 2. The molecule has 0 saturated carbocycles. The molecule has 2 N–H and O–H groups in total. The van der Waals surface area contributed by atoms with Crippen LogP contribution >= 0.6 is 0 Å². The van der Waals surface area contributed by atoms with Crippen molar-refractivity contribution in [2.24, 2.45) is 0 Å². The van der Waals surface area contributed by atoms with Gasteiger partial charge in [-0.25, -0.2) is 23.4 Å². The molecule has 2 atom stereocenters. The smallest absolute Gasteiger partial charge is 0.327 e. The summed E-state index contributed by atoms with van der Waals surface area (Å²) in [6, 6.07) is 7.06. The largest absolute Gasteiger partial charge is 0.346 e. The highest BCUT2D eigenvalue weighted by atomic mass is 19.2. The SMILES string of the molecule is C=CN(/C=C\C)CC(=O)N1C[C@H](NC(=O)N2CCC(n3c(=O)[nH]c4ncccc43)CC2)CC[C@@H](c2cccc(F)c2F)C1. The molecule has 3 aromatic rings. The molecule has 10 nitrogen and oxygen atoms in total. The predicted octanol–water partition coefficient (Wildman–Crippen LogP) is 4.10. The molecule has 43 heavy (non-hydrogen) atoms. The zero-order valence-corrected chi connectivity index (χ0v) is 24.2. The van der Waals surface area contributed by atoms with E-state index in [0.29, 0.717) is 44.4 Å². The number of urea groups is 1. The first-order valence-corrected chi connectivity index (χ1v) is 14.6. The number of H-pyrrole nitrogens is 1. The van der Waals surface area contributed by atoms with E-state index in [-0.39, 0.29) is 54.9 Å². The van der Waals surface area contributed by atoms with Crippen LogP contribution < -0.4 is 11.0 Å². The van der Waals surface area contributed by atoms with E-state index in [1.54, 1.807) is 56.1 Å². The Kier molecular flexibility index (Phi) is 9.22. The Labute approximate surface area is 248 Å². The van der Waals surface area contributed by atoms with Crippen LogP contribution in [0.25, 0.3) is 11.2 Å². The van der Waals surface area contributed by atoms with Gasteiger partial charge in [-0.15, -0.1) is 0 Å². The summed E-state index contributed by atoms with van der Waals surface area (Å²) in [6.07, 6.45) is 8.87. The number of likely N-dealkylation sites (tertiary alicyclic amines) is 2. The average Bonchev–Trinajstić information content (AvgIpc) is 3.20. The van der Waals surface area contributed by atoms with Crippen molar-refractivity contribution in [1.82, 2.24) is 34.6 Å². The Hall–Kier alpha value is -4.48. The lowest BCUT2D eigenvalue weighted by Crippen LogP contribution is -2.52. The summed E-state index contributed by atoms with van der Waals surface area (Å²) in [7, 11) is 0. The van der Waals surface area contributed by atoms with Crippen molar-refractivity contribution >= 4 is 23.1 Å². The molecule has 2 aromatic heterocycles. The summed E-state index contributed by atoms with van der Waals surface area (Å²) in [5.41, 5.74) is 1.29. The second kappa shape index (κ2) is 13.2. The van der Waals surface area contributed by atoms with Crippen LogP contribution in [0.15, 0.2) is 66.4 Å². The van der Waals surface area contributed by atoms with Crippen molar-refractivity contribution in [3.05, 3.63) is 89.3 Å². The molecule has 2 saturated heterocycles. The third kappa shape index (κ3) is 6.63. The molecule has 5 rings (SSSR count). The molecule has 0 spiro atoms. The molecule has 4 heterocycles. The molecule has 228 valence electrons. The van der Waals surface area contributed by atoms with E-state index in [1.165, 1.54) is 6.07 Å². The van der Waals surface area contributed by atoms with E-state index >= 15 is 0 Å². The lowest BCUT2D eigenvalue weighted by atomic mass is 9.93. The summed E-state index contributed by atoms with van der Waals surface area (Å²) < 4.78 is 30.6. The van der Waals surface area contributed by atoms with Gasteiger partial charge in [0.1, 0.15) is 6.54 Å². The van der Waals surface area contributed by atoms with Gasteiger partial charge in [-0.2, -0.15) is 0 Å². The fourth-order valence-corrected chi connectivity index (χ4v) is 6.14. The van der Waals surface area contributed by atoms with E-state index in [0.717, 1.165) is 11.6 Å². The highest BCUT2D eigenvalue weighted by molar-refractivity contribution is 5.79. The molecular weight excluding hydrogens is 556 g/mol. The monoisotopic (exact) mass is 593 g/mol. The van der Waals surface area contributed by atoms with Crippen molar-refractivity contribution < 1.29 is 18.4 Å². The first-order chi connectivity index (χ1) is 20.8. The van der Waals surface area contributed by atoms with Crippen molar-refractivity contribution in [2.75, 3.05) is 32.7 Å². The van der Waals surface area contributed by atoms with Crippen LogP contribution in [0, 0.1) is 11.6 Å². The van der Waals surface area contributed by atoms with Gasteiger partial charge in [0.15, 0.2) is 17.3 Å². The van der Waals surface area contributed by atoms with E-state index in [9.17, 15) is 23.2 Å². The van der Waals surface area contributed by atoms with Gasteiger partial charge in [0.05, 0.1) is 5.52 Å². The molecule has 2 fully saturated rings. The molecule has 2 aliphatic rings. The maximum absolute atomic E-state index is 14.8. The van der Waals surface area contributed by atoms with Crippen LogP contribution in [0.2, 0.25) is 0 Å². The number of aromatic nitrogens is 3. The standard InChI is InChI=1S/C31H37F2N7O3/c1-3-15-37(4-2)20-27(41)39-18-21(24-7-5-8-25(32)28(24)33)10-11-22(19-39)35-30(42)38-16-12-23(13-17-38)40-26-9-6-14-34-29(26)36-31(40)43/h3-9,14-15,21-23H,2,10-13,16-20H2,1H3,(H,35,42)(H,34,36,43)/b15-3-/t21-,22-/m1/s1. The summed E-state index contributed by atoms with van der Waals surface area (Å²) in [6.45, 7) is 6.98. The first kappa shape index (κ1) is 30.0. The Morgan fingerprint density at radius 1 is 1.12 bits per heavy atom. The summed E-state index contributed by atoms with van der Waals surface area (Å²) in [5, 5.41) is 3.09. The number of rotatable bonds is 7. The fourth-order valence-electron chi connectivity index (χ4n) is 6.14. The van der Waals surface area contributed by atoms with Crippen LogP contribution in [-0.2, 0) is 4.79 Å². The number of imidazole rings is 1. The molecule has 1 aromatic carbocycles. The number of hydrogen-bond acceptors (Lipinski definition) is 5. The highest BCUT2D eigenvalue weighted by Gasteiger charge is 2.33. The number of hydrogen-bond donors (Lipinski definition) is 2. The van der Waals surface area contributed by atoms with Gasteiger partial charge in [-0.3, -0.25) is 14.3 Å².